The van der Waals surface area contributed by atoms with E-state index in [4.69, 9.17) is 14.4 Å². The fourth-order valence-corrected chi connectivity index (χ4v) is 4.26. The molecule has 0 aromatic carbocycles. The monoisotopic (exact) mass is 403 g/mol. The molecule has 0 bridgehead atoms. The first kappa shape index (κ1) is 20.9. The van der Waals surface area contributed by atoms with E-state index in [-0.39, 0.29) is 11.5 Å². The van der Waals surface area contributed by atoms with Crippen molar-refractivity contribution in [1.29, 1.82) is 0 Å². The molecule has 1 aliphatic rings. The van der Waals surface area contributed by atoms with Crippen molar-refractivity contribution >= 4 is 17.3 Å². The van der Waals surface area contributed by atoms with Gasteiger partial charge in [-0.05, 0) is 45.0 Å². The quantitative estimate of drug-likeness (QED) is 0.542. The van der Waals surface area contributed by atoms with E-state index in [0.29, 0.717) is 6.54 Å². The fourth-order valence-electron chi connectivity index (χ4n) is 3.36. The third-order valence-electron chi connectivity index (χ3n) is 4.85. The highest BCUT2D eigenvalue weighted by atomic mass is 32.1. The standard InChI is InChI=1S/C21H33N5OS/c1-5-22-20(23-13-16-15-28-19(25-16)21(2,3)4)24-14-17(18-9-8-12-27-18)26-10-6-7-11-26/h8-9,12,15,17H,5-7,10-11,13-14H2,1-4H3,(H2,22,23,24). The third-order valence-corrected chi connectivity index (χ3v) is 6.17. The van der Waals surface area contributed by atoms with Gasteiger partial charge in [-0.25, -0.2) is 9.98 Å². The van der Waals surface area contributed by atoms with Crippen molar-refractivity contribution in [1.82, 2.24) is 20.5 Å². The second-order valence-corrected chi connectivity index (χ2v) is 9.10. The van der Waals surface area contributed by atoms with Crippen molar-refractivity contribution in [2.45, 2.75) is 58.5 Å². The van der Waals surface area contributed by atoms with E-state index >= 15 is 0 Å². The summed E-state index contributed by atoms with van der Waals surface area (Å²) in [5.41, 5.74) is 1.11. The Kier molecular flexibility index (Phi) is 7.13. The van der Waals surface area contributed by atoms with E-state index in [0.717, 1.165) is 48.6 Å². The van der Waals surface area contributed by atoms with Crippen molar-refractivity contribution in [3.8, 4) is 0 Å². The SMILES string of the molecule is CCNC(=NCc1csc(C(C)(C)C)n1)NCC(c1ccco1)N1CCCC1. The number of hydrogen-bond donors (Lipinski definition) is 2. The van der Waals surface area contributed by atoms with Crippen molar-refractivity contribution in [2.75, 3.05) is 26.2 Å². The van der Waals surface area contributed by atoms with Gasteiger partial charge in [0, 0.05) is 23.9 Å². The Morgan fingerprint density at radius 1 is 1.32 bits per heavy atom. The molecule has 1 fully saturated rings. The van der Waals surface area contributed by atoms with E-state index in [2.05, 4.69) is 54.7 Å². The first-order valence-electron chi connectivity index (χ1n) is 10.2. The minimum atomic E-state index is 0.0847. The molecule has 154 valence electrons. The molecule has 1 saturated heterocycles. The number of hydrogen-bond acceptors (Lipinski definition) is 5. The summed E-state index contributed by atoms with van der Waals surface area (Å²) >= 11 is 1.71. The number of nitrogens with one attached hydrogen (secondary N) is 2. The molecule has 0 spiro atoms. The van der Waals surface area contributed by atoms with Crippen LogP contribution < -0.4 is 10.6 Å². The zero-order valence-corrected chi connectivity index (χ0v) is 18.3. The highest BCUT2D eigenvalue weighted by Gasteiger charge is 2.25. The molecule has 28 heavy (non-hydrogen) atoms. The maximum absolute atomic E-state index is 5.71. The summed E-state index contributed by atoms with van der Waals surface area (Å²) in [6.07, 6.45) is 4.27. The van der Waals surface area contributed by atoms with Gasteiger partial charge < -0.3 is 15.1 Å². The topological polar surface area (TPSA) is 65.7 Å². The lowest BCUT2D eigenvalue weighted by Gasteiger charge is -2.26. The molecule has 2 aromatic heterocycles. The van der Waals surface area contributed by atoms with Crippen LogP contribution >= 0.6 is 11.3 Å². The first-order valence-corrected chi connectivity index (χ1v) is 11.1. The molecule has 1 unspecified atom stereocenters. The van der Waals surface area contributed by atoms with Crippen LogP contribution in [0.15, 0.2) is 33.2 Å². The molecule has 0 saturated carbocycles. The molecule has 2 aromatic rings. The van der Waals surface area contributed by atoms with Gasteiger partial charge >= 0.3 is 0 Å². The Morgan fingerprint density at radius 2 is 2.11 bits per heavy atom. The maximum atomic E-state index is 5.71. The Morgan fingerprint density at radius 3 is 2.71 bits per heavy atom. The van der Waals surface area contributed by atoms with Crippen LogP contribution in [0.3, 0.4) is 0 Å². The first-order chi connectivity index (χ1) is 13.5. The van der Waals surface area contributed by atoms with Crippen molar-refractivity contribution in [2.24, 2.45) is 4.99 Å². The number of nitrogens with zero attached hydrogens (tertiary/aromatic N) is 3. The Hall–Kier alpha value is -1.86. The van der Waals surface area contributed by atoms with Crippen molar-refractivity contribution in [3.05, 3.63) is 40.2 Å². The average molecular weight is 404 g/mol. The Balaban J connectivity index is 1.64. The Labute approximate surface area is 172 Å². The lowest BCUT2D eigenvalue weighted by molar-refractivity contribution is 0.215. The molecule has 1 aliphatic heterocycles. The van der Waals surface area contributed by atoms with Crippen LogP contribution in [0.2, 0.25) is 0 Å². The lowest BCUT2D eigenvalue weighted by Crippen LogP contribution is -2.42. The van der Waals surface area contributed by atoms with E-state index in [1.54, 1.807) is 17.6 Å². The summed E-state index contributed by atoms with van der Waals surface area (Å²) in [5, 5.41) is 10.1. The van der Waals surface area contributed by atoms with Crippen molar-refractivity contribution < 1.29 is 4.42 Å². The number of thiazole rings is 1. The predicted molar refractivity (Wildman–Crippen MR) is 116 cm³/mol. The van der Waals surface area contributed by atoms with Gasteiger partial charge in [-0.3, -0.25) is 4.90 Å². The van der Waals surface area contributed by atoms with Crippen LogP contribution in [-0.4, -0.2) is 42.0 Å². The van der Waals surface area contributed by atoms with E-state index in [1.165, 1.54) is 12.8 Å². The van der Waals surface area contributed by atoms with Gasteiger partial charge in [0.1, 0.15) is 5.76 Å². The van der Waals surface area contributed by atoms with Gasteiger partial charge in [0.05, 0.1) is 29.6 Å². The van der Waals surface area contributed by atoms with Crippen LogP contribution in [0.1, 0.15) is 63.0 Å². The summed E-state index contributed by atoms with van der Waals surface area (Å²) in [4.78, 5) is 12.0. The molecule has 3 heterocycles. The predicted octanol–water partition coefficient (Wildman–Crippen LogP) is 3.93. The number of aliphatic imine (C=N–C) groups is 1. The van der Waals surface area contributed by atoms with Gasteiger partial charge in [-0.2, -0.15) is 0 Å². The highest BCUT2D eigenvalue weighted by Crippen LogP contribution is 2.26. The average Bonchev–Trinajstić information content (AvgIpc) is 3.41. The molecule has 3 rings (SSSR count). The molecule has 2 N–H and O–H groups in total. The van der Waals surface area contributed by atoms with Crippen LogP contribution in [0, 0.1) is 0 Å². The zero-order chi connectivity index (χ0) is 20.0. The van der Waals surface area contributed by atoms with Crippen LogP contribution in [0.5, 0.6) is 0 Å². The minimum absolute atomic E-state index is 0.0847. The molecule has 0 radical (unpaired) electrons. The van der Waals surface area contributed by atoms with Crippen LogP contribution in [-0.2, 0) is 12.0 Å². The Bertz CT molecular complexity index is 741. The van der Waals surface area contributed by atoms with Gasteiger partial charge in [0.15, 0.2) is 5.96 Å². The van der Waals surface area contributed by atoms with Crippen LogP contribution in [0.25, 0.3) is 0 Å². The lowest BCUT2D eigenvalue weighted by atomic mass is 9.98. The highest BCUT2D eigenvalue weighted by molar-refractivity contribution is 7.09. The van der Waals surface area contributed by atoms with E-state index < -0.39 is 0 Å². The molecule has 0 aliphatic carbocycles. The summed E-state index contributed by atoms with van der Waals surface area (Å²) in [7, 11) is 0. The molecule has 7 heteroatoms. The number of furan rings is 1. The van der Waals surface area contributed by atoms with E-state index in [9.17, 15) is 0 Å². The summed E-state index contributed by atoms with van der Waals surface area (Å²) in [5.74, 6) is 1.84. The second kappa shape index (κ2) is 9.56. The number of guanidine groups is 1. The largest absolute Gasteiger partial charge is 0.468 e. The van der Waals surface area contributed by atoms with Gasteiger partial charge in [-0.15, -0.1) is 11.3 Å². The molecular formula is C21H33N5OS. The minimum Gasteiger partial charge on any atom is -0.468 e. The van der Waals surface area contributed by atoms with Gasteiger partial charge in [0.25, 0.3) is 0 Å². The van der Waals surface area contributed by atoms with Crippen molar-refractivity contribution in [3.63, 3.8) is 0 Å². The zero-order valence-electron chi connectivity index (χ0n) is 17.5. The fraction of sp³-hybridized carbons (Fsp3) is 0.619. The van der Waals surface area contributed by atoms with E-state index in [1.807, 2.05) is 6.07 Å². The van der Waals surface area contributed by atoms with Gasteiger partial charge in [-0.1, -0.05) is 20.8 Å². The molecule has 6 nitrogen and oxygen atoms in total. The molecular weight excluding hydrogens is 370 g/mol. The maximum Gasteiger partial charge on any atom is 0.191 e. The normalized spacial score (nSPS) is 17.1. The summed E-state index contributed by atoms with van der Waals surface area (Å²) in [6, 6.07) is 4.26. The second-order valence-electron chi connectivity index (χ2n) is 8.24. The molecule has 1 atom stereocenters. The molecule has 0 amide bonds. The smallest absolute Gasteiger partial charge is 0.191 e. The number of rotatable bonds is 7. The third kappa shape index (κ3) is 5.58. The summed E-state index contributed by atoms with van der Waals surface area (Å²) in [6.45, 7) is 13.1. The van der Waals surface area contributed by atoms with Crippen LogP contribution in [0.4, 0.5) is 0 Å². The number of aromatic nitrogens is 1. The van der Waals surface area contributed by atoms with Gasteiger partial charge in [0.2, 0.25) is 0 Å². The number of likely N-dealkylation sites (tertiary alicyclic amines) is 1. The summed E-state index contributed by atoms with van der Waals surface area (Å²) < 4.78 is 5.71.